The van der Waals surface area contributed by atoms with Gasteiger partial charge >= 0.3 is 0 Å². The Morgan fingerprint density at radius 3 is 2.13 bits per heavy atom. The fraction of sp³-hybridized carbons (Fsp3) is 0.727. The number of nitrogen functional groups attached to an aromatic ring is 1. The number of aromatic nitrogens is 2. The second-order valence-electron chi connectivity index (χ2n) is 4.72. The molecule has 0 bridgehead atoms. The second-order valence-corrected chi connectivity index (χ2v) is 4.72. The summed E-state index contributed by atoms with van der Waals surface area (Å²) in [6.07, 6.45) is 0.790. The molecule has 0 aromatic carbocycles. The maximum absolute atomic E-state index is 12.0. The third kappa shape index (κ3) is 1.80. The molecule has 4 heteroatoms. The Balaban J connectivity index is 3.58. The van der Waals surface area contributed by atoms with E-state index < -0.39 is 0 Å². The number of anilines is 1. The molecule has 86 valence electrons. The average molecular weight is 211 g/mol. The Kier molecular flexibility index (Phi) is 2.98. The van der Waals surface area contributed by atoms with E-state index in [1.165, 1.54) is 0 Å². The van der Waals surface area contributed by atoms with Crippen LogP contribution in [-0.4, -0.2) is 9.36 Å². The highest BCUT2D eigenvalue weighted by Crippen LogP contribution is 2.17. The van der Waals surface area contributed by atoms with Crippen molar-refractivity contribution in [1.29, 1.82) is 0 Å². The molecule has 0 amide bonds. The Morgan fingerprint density at radius 2 is 1.80 bits per heavy atom. The summed E-state index contributed by atoms with van der Waals surface area (Å²) in [5, 5.41) is 0. The molecule has 0 aliphatic carbocycles. The molecule has 4 nitrogen and oxygen atoms in total. The van der Waals surface area contributed by atoms with Crippen molar-refractivity contribution in [3.63, 3.8) is 0 Å². The van der Waals surface area contributed by atoms with Crippen LogP contribution in [0.1, 0.15) is 40.3 Å². The minimum atomic E-state index is -0.228. The smallest absolute Gasteiger partial charge is 0.290 e. The maximum atomic E-state index is 12.0. The monoisotopic (exact) mass is 211 g/mol. The molecule has 1 aromatic rings. The highest BCUT2D eigenvalue weighted by molar-refractivity contribution is 5.41. The van der Waals surface area contributed by atoms with Crippen molar-refractivity contribution in [2.24, 2.45) is 0 Å². The molecule has 0 unspecified atom stereocenters. The van der Waals surface area contributed by atoms with Crippen LogP contribution >= 0.6 is 0 Å². The number of hydrogen-bond donors (Lipinski definition) is 1. The lowest BCUT2D eigenvalue weighted by Gasteiger charge is -2.24. The fourth-order valence-electron chi connectivity index (χ4n) is 1.98. The van der Waals surface area contributed by atoms with E-state index in [1.807, 2.05) is 39.3 Å². The molecule has 1 aromatic heterocycles. The largest absolute Gasteiger partial charge is 0.393 e. The normalized spacial score (nSPS) is 12.1. The van der Waals surface area contributed by atoms with Gasteiger partial charge in [0.05, 0.1) is 11.2 Å². The molecule has 0 radical (unpaired) electrons. The summed E-state index contributed by atoms with van der Waals surface area (Å²) >= 11 is 0. The summed E-state index contributed by atoms with van der Waals surface area (Å²) in [6.45, 7) is 10.9. The standard InChI is InChI=1S/C11H21N3O/c1-6-8-9(12)10(15)14(11(3,4)5)13(8)7-2/h6-7,12H2,1-5H3. The van der Waals surface area contributed by atoms with Gasteiger partial charge in [0, 0.05) is 6.54 Å². The van der Waals surface area contributed by atoms with Crippen LogP contribution in [0.15, 0.2) is 4.79 Å². The van der Waals surface area contributed by atoms with Gasteiger partial charge in [-0.3, -0.25) is 9.48 Å². The van der Waals surface area contributed by atoms with Gasteiger partial charge in [0.25, 0.3) is 5.56 Å². The third-order valence-electron chi connectivity index (χ3n) is 2.56. The molecule has 0 saturated carbocycles. The molecule has 0 saturated heterocycles. The lowest BCUT2D eigenvalue weighted by atomic mass is 10.1. The van der Waals surface area contributed by atoms with E-state index in [2.05, 4.69) is 0 Å². The molecule has 2 N–H and O–H groups in total. The maximum Gasteiger partial charge on any atom is 0.290 e. The van der Waals surface area contributed by atoms with Crippen molar-refractivity contribution < 1.29 is 0 Å². The minimum absolute atomic E-state index is 0.0683. The van der Waals surface area contributed by atoms with E-state index in [0.29, 0.717) is 5.69 Å². The Labute approximate surface area is 90.7 Å². The van der Waals surface area contributed by atoms with Gasteiger partial charge in [-0.25, -0.2) is 4.68 Å². The highest BCUT2D eigenvalue weighted by Gasteiger charge is 2.23. The second kappa shape index (κ2) is 3.76. The quantitative estimate of drug-likeness (QED) is 0.807. The minimum Gasteiger partial charge on any atom is -0.393 e. The molecule has 0 aliphatic heterocycles. The van der Waals surface area contributed by atoms with Crippen LogP contribution in [0.25, 0.3) is 0 Å². The van der Waals surface area contributed by atoms with Crippen molar-refractivity contribution in [3.8, 4) is 0 Å². The molecule has 0 aliphatic rings. The van der Waals surface area contributed by atoms with Gasteiger partial charge in [-0.15, -0.1) is 0 Å². The predicted molar refractivity (Wildman–Crippen MR) is 63.2 cm³/mol. The number of rotatable bonds is 2. The zero-order valence-corrected chi connectivity index (χ0v) is 10.3. The molecule has 15 heavy (non-hydrogen) atoms. The molecule has 0 spiro atoms. The van der Waals surface area contributed by atoms with E-state index in [9.17, 15) is 4.79 Å². The van der Waals surface area contributed by atoms with Crippen molar-refractivity contribution in [3.05, 3.63) is 16.0 Å². The van der Waals surface area contributed by atoms with Crippen molar-refractivity contribution >= 4 is 5.69 Å². The Bertz CT molecular complexity index is 407. The van der Waals surface area contributed by atoms with Crippen LogP contribution < -0.4 is 11.3 Å². The lowest BCUT2D eigenvalue weighted by molar-refractivity contribution is 0.284. The molecular formula is C11H21N3O. The number of hydrogen-bond acceptors (Lipinski definition) is 2. The van der Waals surface area contributed by atoms with Gasteiger partial charge in [-0.1, -0.05) is 6.92 Å². The molecule has 0 fully saturated rings. The summed E-state index contributed by atoms with van der Waals surface area (Å²) in [6, 6.07) is 0. The summed E-state index contributed by atoms with van der Waals surface area (Å²) in [5.41, 5.74) is 6.88. The Hall–Kier alpha value is -1.19. The first-order chi connectivity index (χ1) is 6.84. The van der Waals surface area contributed by atoms with Gasteiger partial charge in [-0.2, -0.15) is 0 Å². The Morgan fingerprint density at radius 1 is 1.27 bits per heavy atom. The van der Waals surface area contributed by atoms with Crippen LogP contribution in [0.3, 0.4) is 0 Å². The third-order valence-corrected chi connectivity index (χ3v) is 2.56. The van der Waals surface area contributed by atoms with Crippen molar-refractivity contribution in [1.82, 2.24) is 9.36 Å². The summed E-state index contributed by atoms with van der Waals surface area (Å²) < 4.78 is 3.73. The summed E-state index contributed by atoms with van der Waals surface area (Å²) in [4.78, 5) is 12.0. The summed E-state index contributed by atoms with van der Waals surface area (Å²) in [5.74, 6) is 0. The zero-order chi connectivity index (χ0) is 11.8. The first kappa shape index (κ1) is 11.9. The number of nitrogens with two attached hydrogens (primary N) is 1. The zero-order valence-electron chi connectivity index (χ0n) is 10.3. The van der Waals surface area contributed by atoms with Gasteiger partial charge in [0.1, 0.15) is 5.69 Å². The van der Waals surface area contributed by atoms with Crippen LogP contribution in [0.5, 0.6) is 0 Å². The average Bonchev–Trinajstić information content (AvgIpc) is 2.38. The van der Waals surface area contributed by atoms with E-state index in [4.69, 9.17) is 5.73 Å². The lowest BCUT2D eigenvalue weighted by Crippen LogP contribution is -2.37. The first-order valence-corrected chi connectivity index (χ1v) is 5.45. The molecular weight excluding hydrogens is 190 g/mol. The summed E-state index contributed by atoms with van der Waals surface area (Å²) in [7, 11) is 0. The van der Waals surface area contributed by atoms with E-state index in [-0.39, 0.29) is 11.1 Å². The predicted octanol–water partition coefficient (Wildman–Crippen LogP) is 1.57. The van der Waals surface area contributed by atoms with Crippen molar-refractivity contribution in [2.45, 2.75) is 53.1 Å². The van der Waals surface area contributed by atoms with Crippen LogP contribution in [0.4, 0.5) is 5.69 Å². The highest BCUT2D eigenvalue weighted by atomic mass is 16.1. The van der Waals surface area contributed by atoms with Gasteiger partial charge in [-0.05, 0) is 34.1 Å². The van der Waals surface area contributed by atoms with Crippen LogP contribution in [-0.2, 0) is 18.5 Å². The molecule has 1 rings (SSSR count). The topological polar surface area (TPSA) is 53.0 Å². The fourth-order valence-corrected chi connectivity index (χ4v) is 1.98. The van der Waals surface area contributed by atoms with Crippen LogP contribution in [0, 0.1) is 0 Å². The molecule has 1 heterocycles. The van der Waals surface area contributed by atoms with E-state index >= 15 is 0 Å². The molecule has 0 atom stereocenters. The SMILES string of the molecule is CCc1c(N)c(=O)n(C(C)(C)C)n1CC. The van der Waals surface area contributed by atoms with Gasteiger partial charge in [0.15, 0.2) is 0 Å². The van der Waals surface area contributed by atoms with Gasteiger partial charge < -0.3 is 5.73 Å². The first-order valence-electron chi connectivity index (χ1n) is 5.45. The van der Waals surface area contributed by atoms with Gasteiger partial charge in [0.2, 0.25) is 0 Å². The van der Waals surface area contributed by atoms with E-state index in [0.717, 1.165) is 18.7 Å². The van der Waals surface area contributed by atoms with Crippen molar-refractivity contribution in [2.75, 3.05) is 5.73 Å². The van der Waals surface area contributed by atoms with Crippen LogP contribution in [0.2, 0.25) is 0 Å². The van der Waals surface area contributed by atoms with E-state index in [1.54, 1.807) is 4.68 Å². The number of nitrogens with zero attached hydrogens (tertiary/aromatic N) is 2.